The molecule has 10 aromatic rings. The smallest absolute Gasteiger partial charge is 0.267 e. The average molecular weight is 888 g/mol. The Morgan fingerprint density at radius 2 is 0.953 bits per heavy atom. The Bertz CT molecular complexity index is 3250. The van der Waals surface area contributed by atoms with Crippen molar-refractivity contribution in [3.63, 3.8) is 0 Å². The Balaban J connectivity index is 0.000000143. The fourth-order valence-electron chi connectivity index (χ4n) is 8.17. The van der Waals surface area contributed by atoms with E-state index in [0.29, 0.717) is 78.3 Å². The molecule has 0 saturated heterocycles. The molecule has 316 valence electrons. The Morgan fingerprint density at radius 1 is 0.531 bits per heavy atom. The third-order valence-corrected chi connectivity index (χ3v) is 12.2. The van der Waals surface area contributed by atoms with E-state index in [2.05, 4.69) is 50.5 Å². The van der Waals surface area contributed by atoms with Crippen LogP contribution in [0.4, 0.5) is 11.6 Å². The van der Waals surface area contributed by atoms with E-state index in [1.165, 1.54) is 12.7 Å². The van der Waals surface area contributed by atoms with E-state index in [-0.39, 0.29) is 23.2 Å². The van der Waals surface area contributed by atoms with E-state index in [9.17, 15) is 9.59 Å². The molecule has 2 aliphatic carbocycles. The molecule has 12 rings (SSSR count). The van der Waals surface area contributed by atoms with Crippen LogP contribution < -0.4 is 21.8 Å². The molecule has 2 aliphatic rings. The minimum Gasteiger partial charge on any atom is -0.358 e. The summed E-state index contributed by atoms with van der Waals surface area (Å²) in [7, 11) is 0. The summed E-state index contributed by atoms with van der Waals surface area (Å²) in [6.07, 6.45) is 10.3. The standard InChI is InChI=1S/2C23H18ClN7O/c2*24-15-7-4-8-16-17(15)23(32)31(14-5-2-1-3-6-14)22(29-16)18(13-9-10-13)30-21-19-20(26-11-25-19)27-12-28-21/h2*1-8,11-13,18H,9-10H2,(H2,25,26,27,28,30)/t2*18-/m00/s1. The summed E-state index contributed by atoms with van der Waals surface area (Å²) >= 11 is 12.8. The summed E-state index contributed by atoms with van der Waals surface area (Å²) in [5.41, 5.74) is 4.84. The van der Waals surface area contributed by atoms with Crippen LogP contribution >= 0.6 is 23.2 Å². The van der Waals surface area contributed by atoms with Crippen LogP contribution in [0.5, 0.6) is 0 Å². The molecule has 0 spiro atoms. The molecule has 0 aliphatic heterocycles. The van der Waals surface area contributed by atoms with Crippen LogP contribution in [-0.2, 0) is 0 Å². The summed E-state index contributed by atoms with van der Waals surface area (Å²) in [6, 6.07) is 29.3. The number of hydrogen-bond acceptors (Lipinski definition) is 12. The molecule has 0 bridgehead atoms. The van der Waals surface area contributed by atoms with Crippen molar-refractivity contribution in [2.24, 2.45) is 11.8 Å². The minimum absolute atomic E-state index is 0.191. The normalized spacial score (nSPS) is 14.7. The number of aromatic nitrogens is 12. The molecule has 0 unspecified atom stereocenters. The minimum atomic E-state index is -0.229. The highest BCUT2D eigenvalue weighted by Gasteiger charge is 2.38. The Morgan fingerprint density at radius 3 is 1.36 bits per heavy atom. The van der Waals surface area contributed by atoms with Gasteiger partial charge in [0.05, 0.1) is 68.0 Å². The van der Waals surface area contributed by atoms with Gasteiger partial charge in [-0.05, 0) is 86.1 Å². The highest BCUT2D eigenvalue weighted by Crippen LogP contribution is 2.44. The molecule has 18 heteroatoms. The zero-order valence-electron chi connectivity index (χ0n) is 33.7. The molecule has 6 heterocycles. The van der Waals surface area contributed by atoms with Gasteiger partial charge in [-0.25, -0.2) is 39.9 Å². The number of benzene rings is 4. The quantitative estimate of drug-likeness (QED) is 0.102. The molecule has 2 saturated carbocycles. The fraction of sp³-hybridized carbons (Fsp3) is 0.174. The molecule has 0 radical (unpaired) electrons. The lowest BCUT2D eigenvalue weighted by Crippen LogP contribution is -2.29. The molecule has 0 amide bonds. The first-order valence-electron chi connectivity index (χ1n) is 20.8. The van der Waals surface area contributed by atoms with E-state index in [0.717, 1.165) is 48.1 Å². The molecule has 64 heavy (non-hydrogen) atoms. The first kappa shape index (κ1) is 39.3. The van der Waals surface area contributed by atoms with Gasteiger partial charge in [-0.2, -0.15) is 0 Å². The van der Waals surface area contributed by atoms with Crippen molar-refractivity contribution in [1.82, 2.24) is 59.0 Å². The number of nitrogens with one attached hydrogen (secondary N) is 4. The maximum absolute atomic E-state index is 13.7. The second-order valence-corrected chi connectivity index (χ2v) is 16.5. The Labute approximate surface area is 372 Å². The largest absolute Gasteiger partial charge is 0.358 e. The predicted octanol–water partition coefficient (Wildman–Crippen LogP) is 8.54. The van der Waals surface area contributed by atoms with Gasteiger partial charge >= 0.3 is 0 Å². The van der Waals surface area contributed by atoms with Crippen LogP contribution in [-0.4, -0.2) is 59.0 Å². The molecule has 2 fully saturated rings. The van der Waals surface area contributed by atoms with Crippen molar-refractivity contribution in [3.8, 4) is 11.4 Å². The topological polar surface area (TPSA) is 203 Å². The Kier molecular flexibility index (Phi) is 10.0. The van der Waals surface area contributed by atoms with Gasteiger partial charge in [-0.15, -0.1) is 0 Å². The van der Waals surface area contributed by atoms with Crippen molar-refractivity contribution < 1.29 is 0 Å². The van der Waals surface area contributed by atoms with Gasteiger partial charge in [0, 0.05) is 0 Å². The van der Waals surface area contributed by atoms with E-state index < -0.39 is 0 Å². The lowest BCUT2D eigenvalue weighted by atomic mass is 10.1. The van der Waals surface area contributed by atoms with Gasteiger partial charge in [0.2, 0.25) is 0 Å². The van der Waals surface area contributed by atoms with Crippen LogP contribution in [0, 0.1) is 11.8 Å². The Hall–Kier alpha value is -7.56. The number of imidazole rings is 2. The maximum Gasteiger partial charge on any atom is 0.267 e. The van der Waals surface area contributed by atoms with E-state index in [1.54, 1.807) is 33.9 Å². The second-order valence-electron chi connectivity index (χ2n) is 15.7. The van der Waals surface area contributed by atoms with Crippen molar-refractivity contribution in [1.29, 1.82) is 0 Å². The van der Waals surface area contributed by atoms with Gasteiger partial charge in [-0.3, -0.25) is 18.7 Å². The van der Waals surface area contributed by atoms with Crippen molar-refractivity contribution in [2.45, 2.75) is 37.8 Å². The molecule has 16 nitrogen and oxygen atoms in total. The molecular formula is C46H36Cl2N14O2. The number of hydrogen-bond donors (Lipinski definition) is 4. The van der Waals surface area contributed by atoms with Crippen LogP contribution in [0.3, 0.4) is 0 Å². The third-order valence-electron chi connectivity index (χ3n) is 11.5. The van der Waals surface area contributed by atoms with Crippen LogP contribution in [0.1, 0.15) is 49.4 Å². The summed E-state index contributed by atoms with van der Waals surface area (Å²) in [5, 5.41) is 8.66. The van der Waals surface area contributed by atoms with E-state index in [1.807, 2.05) is 84.9 Å². The summed E-state index contributed by atoms with van der Waals surface area (Å²) < 4.78 is 3.32. The molecule has 4 N–H and O–H groups in total. The number of anilines is 2. The SMILES string of the molecule is O=c1c2c(Cl)cccc2nc([C@@H](Nc2ncnc3nc[nH]c23)C2CC2)n1-c1ccccc1.O=c1c2c(Cl)cccc2nc([C@@H](Nc2ncnc3nc[nH]c23)C2CC2)n1-c1ccccc1. The highest BCUT2D eigenvalue weighted by molar-refractivity contribution is 6.35. The maximum atomic E-state index is 13.7. The number of para-hydroxylation sites is 2. The number of H-pyrrole nitrogens is 2. The van der Waals surface area contributed by atoms with Gasteiger partial charge < -0.3 is 20.6 Å². The zero-order chi connectivity index (χ0) is 43.3. The predicted molar refractivity (Wildman–Crippen MR) is 246 cm³/mol. The van der Waals surface area contributed by atoms with Crippen LogP contribution in [0.15, 0.2) is 132 Å². The number of fused-ring (bicyclic) bond motifs is 4. The van der Waals surface area contributed by atoms with Crippen LogP contribution in [0.25, 0.3) is 55.5 Å². The lowest BCUT2D eigenvalue weighted by molar-refractivity contribution is 0.609. The number of halogens is 2. The van der Waals surface area contributed by atoms with Gasteiger partial charge in [0.1, 0.15) is 35.3 Å². The van der Waals surface area contributed by atoms with Crippen molar-refractivity contribution >= 4 is 79.0 Å². The van der Waals surface area contributed by atoms with Gasteiger partial charge in [0.15, 0.2) is 22.9 Å². The summed E-state index contributed by atoms with van der Waals surface area (Å²) in [4.78, 5) is 69.2. The molecular weight excluding hydrogens is 852 g/mol. The lowest BCUT2D eigenvalue weighted by Gasteiger charge is -2.23. The fourth-order valence-corrected chi connectivity index (χ4v) is 8.67. The van der Waals surface area contributed by atoms with E-state index in [4.69, 9.17) is 33.2 Å². The number of nitrogens with zero attached hydrogens (tertiary/aromatic N) is 10. The van der Waals surface area contributed by atoms with Gasteiger partial charge in [-0.1, -0.05) is 71.7 Å². The molecule has 6 aromatic heterocycles. The number of rotatable bonds is 10. The molecule has 4 aromatic carbocycles. The van der Waals surface area contributed by atoms with Crippen molar-refractivity contribution in [2.75, 3.05) is 10.6 Å². The van der Waals surface area contributed by atoms with Gasteiger partial charge in [0.25, 0.3) is 11.1 Å². The van der Waals surface area contributed by atoms with Crippen LogP contribution in [0.2, 0.25) is 10.0 Å². The monoisotopic (exact) mass is 886 g/mol. The molecule has 2 atom stereocenters. The first-order chi connectivity index (χ1) is 31.4. The third kappa shape index (κ3) is 7.25. The summed E-state index contributed by atoms with van der Waals surface area (Å²) in [6.45, 7) is 0. The van der Waals surface area contributed by atoms with E-state index >= 15 is 0 Å². The second kappa shape index (κ2) is 16.3. The highest BCUT2D eigenvalue weighted by atomic mass is 35.5. The first-order valence-corrected chi connectivity index (χ1v) is 21.5. The summed E-state index contributed by atoms with van der Waals surface area (Å²) in [5.74, 6) is 3.16. The van der Waals surface area contributed by atoms with Crippen molar-refractivity contribution in [3.05, 3.63) is 165 Å². The average Bonchev–Trinajstić information content (AvgIpc) is 4.24. The zero-order valence-corrected chi connectivity index (χ0v) is 35.2. The number of aromatic amines is 2.